The molecule has 0 fully saturated rings. The molecule has 0 spiro atoms. The van der Waals surface area contributed by atoms with Crippen LogP contribution in [0, 0.1) is 0 Å². The summed E-state index contributed by atoms with van der Waals surface area (Å²) in [5.74, 6) is -0.180. The molecular formula is C17H10Cl2N2O. The lowest BCUT2D eigenvalue weighted by Crippen LogP contribution is -1.95. The first kappa shape index (κ1) is 14.7. The first-order valence-electron chi connectivity index (χ1n) is 6.52. The third kappa shape index (κ3) is 3.16. The summed E-state index contributed by atoms with van der Waals surface area (Å²) in [4.78, 5) is 20.6. The van der Waals surface area contributed by atoms with Crippen molar-refractivity contribution in [3.63, 3.8) is 0 Å². The van der Waals surface area contributed by atoms with E-state index in [1.165, 1.54) is 6.08 Å². The molecule has 108 valence electrons. The zero-order valence-corrected chi connectivity index (χ0v) is 12.8. The minimum Gasteiger partial charge on any atom is -0.289 e. The summed E-state index contributed by atoms with van der Waals surface area (Å²) < 4.78 is 0. The van der Waals surface area contributed by atoms with E-state index in [1.54, 1.807) is 36.7 Å². The lowest BCUT2D eigenvalue weighted by molar-refractivity contribution is 0.104. The molecule has 0 unspecified atom stereocenters. The standard InChI is InChI=1S/C17H10Cl2N2O/c18-12-3-4-13(14(19)10-12)17(22)6-2-11-1-5-15-16(9-11)21-8-7-20-15/h1-10H/b6-2+. The zero-order valence-electron chi connectivity index (χ0n) is 11.3. The number of carbonyl (C=O) groups excluding carboxylic acids is 1. The minimum atomic E-state index is -0.180. The van der Waals surface area contributed by atoms with E-state index in [1.807, 2.05) is 18.2 Å². The van der Waals surface area contributed by atoms with Gasteiger partial charge in [0.25, 0.3) is 0 Å². The van der Waals surface area contributed by atoms with Crippen LogP contribution in [0.3, 0.4) is 0 Å². The Bertz CT molecular complexity index is 891. The van der Waals surface area contributed by atoms with Crippen LogP contribution in [-0.4, -0.2) is 15.8 Å². The Hall–Kier alpha value is -2.23. The van der Waals surface area contributed by atoms with Crippen LogP contribution >= 0.6 is 23.2 Å². The van der Waals surface area contributed by atoms with Crippen LogP contribution in [0.2, 0.25) is 10.0 Å². The van der Waals surface area contributed by atoms with Gasteiger partial charge < -0.3 is 0 Å². The third-order valence-electron chi connectivity index (χ3n) is 3.12. The summed E-state index contributed by atoms with van der Waals surface area (Å²) >= 11 is 11.9. The molecule has 0 saturated heterocycles. The lowest BCUT2D eigenvalue weighted by Gasteiger charge is -2.01. The van der Waals surface area contributed by atoms with E-state index in [-0.39, 0.29) is 5.78 Å². The lowest BCUT2D eigenvalue weighted by atomic mass is 10.1. The number of ketones is 1. The average Bonchev–Trinajstić information content (AvgIpc) is 2.52. The number of halogens is 2. The van der Waals surface area contributed by atoms with Gasteiger partial charge in [-0.2, -0.15) is 0 Å². The Labute approximate surface area is 137 Å². The van der Waals surface area contributed by atoms with Crippen LogP contribution in [0.15, 0.2) is 54.9 Å². The van der Waals surface area contributed by atoms with Crippen molar-refractivity contribution in [2.24, 2.45) is 0 Å². The monoisotopic (exact) mass is 328 g/mol. The van der Waals surface area contributed by atoms with Gasteiger partial charge in [-0.25, -0.2) is 0 Å². The van der Waals surface area contributed by atoms with E-state index >= 15 is 0 Å². The molecule has 1 aromatic heterocycles. The Morgan fingerprint density at radius 2 is 1.73 bits per heavy atom. The zero-order chi connectivity index (χ0) is 15.5. The predicted octanol–water partition coefficient (Wildman–Crippen LogP) is 4.83. The maximum atomic E-state index is 12.2. The highest BCUT2D eigenvalue weighted by molar-refractivity contribution is 6.37. The summed E-state index contributed by atoms with van der Waals surface area (Å²) in [6.07, 6.45) is 6.48. The number of allylic oxidation sites excluding steroid dienone is 1. The number of benzene rings is 2. The summed E-state index contributed by atoms with van der Waals surface area (Å²) in [6.45, 7) is 0. The van der Waals surface area contributed by atoms with Crippen LogP contribution in [0.4, 0.5) is 0 Å². The van der Waals surface area contributed by atoms with E-state index in [0.29, 0.717) is 15.6 Å². The van der Waals surface area contributed by atoms with Crippen molar-refractivity contribution in [1.29, 1.82) is 0 Å². The van der Waals surface area contributed by atoms with E-state index in [4.69, 9.17) is 23.2 Å². The molecule has 5 heteroatoms. The highest BCUT2D eigenvalue weighted by atomic mass is 35.5. The number of rotatable bonds is 3. The van der Waals surface area contributed by atoms with Crippen molar-refractivity contribution in [2.45, 2.75) is 0 Å². The maximum absolute atomic E-state index is 12.2. The van der Waals surface area contributed by atoms with Crippen molar-refractivity contribution in [3.05, 3.63) is 76.0 Å². The highest BCUT2D eigenvalue weighted by Crippen LogP contribution is 2.22. The second-order valence-corrected chi connectivity index (χ2v) is 5.47. The molecule has 0 radical (unpaired) electrons. The smallest absolute Gasteiger partial charge is 0.187 e. The number of carbonyl (C=O) groups is 1. The first-order valence-corrected chi connectivity index (χ1v) is 7.27. The summed E-state index contributed by atoms with van der Waals surface area (Å²) in [7, 11) is 0. The topological polar surface area (TPSA) is 42.9 Å². The number of aromatic nitrogens is 2. The van der Waals surface area contributed by atoms with Crippen molar-refractivity contribution in [2.75, 3.05) is 0 Å². The first-order chi connectivity index (χ1) is 10.6. The molecule has 0 aliphatic carbocycles. The Morgan fingerprint density at radius 3 is 2.50 bits per heavy atom. The summed E-state index contributed by atoms with van der Waals surface area (Å²) in [5.41, 5.74) is 2.88. The molecule has 0 N–H and O–H groups in total. The highest BCUT2D eigenvalue weighted by Gasteiger charge is 2.07. The average molecular weight is 329 g/mol. The quantitative estimate of drug-likeness (QED) is 0.510. The molecule has 3 rings (SSSR count). The molecule has 0 aliphatic rings. The molecule has 0 aliphatic heterocycles. The van der Waals surface area contributed by atoms with Gasteiger partial charge in [0, 0.05) is 23.0 Å². The van der Waals surface area contributed by atoms with Crippen LogP contribution in [0.5, 0.6) is 0 Å². The predicted molar refractivity (Wildman–Crippen MR) is 89.4 cm³/mol. The van der Waals surface area contributed by atoms with Gasteiger partial charge in [0.05, 0.1) is 16.1 Å². The van der Waals surface area contributed by atoms with Gasteiger partial charge in [0.15, 0.2) is 5.78 Å². The van der Waals surface area contributed by atoms with Crippen LogP contribution in [0.25, 0.3) is 17.1 Å². The number of hydrogen-bond donors (Lipinski definition) is 0. The van der Waals surface area contributed by atoms with Crippen LogP contribution < -0.4 is 0 Å². The van der Waals surface area contributed by atoms with Crippen molar-refractivity contribution in [1.82, 2.24) is 9.97 Å². The van der Waals surface area contributed by atoms with E-state index in [0.717, 1.165) is 16.6 Å². The van der Waals surface area contributed by atoms with Gasteiger partial charge in [0.2, 0.25) is 0 Å². The van der Waals surface area contributed by atoms with Gasteiger partial charge in [-0.15, -0.1) is 0 Å². The summed E-state index contributed by atoms with van der Waals surface area (Å²) in [5, 5.41) is 0.838. The molecule has 3 nitrogen and oxygen atoms in total. The molecule has 22 heavy (non-hydrogen) atoms. The van der Waals surface area contributed by atoms with E-state index in [9.17, 15) is 4.79 Å². The van der Waals surface area contributed by atoms with Gasteiger partial charge in [-0.3, -0.25) is 14.8 Å². The number of nitrogens with zero attached hydrogens (tertiary/aromatic N) is 2. The van der Waals surface area contributed by atoms with E-state index < -0.39 is 0 Å². The van der Waals surface area contributed by atoms with E-state index in [2.05, 4.69) is 9.97 Å². The molecule has 0 atom stereocenters. The van der Waals surface area contributed by atoms with Gasteiger partial charge in [-0.05, 0) is 42.0 Å². The summed E-state index contributed by atoms with van der Waals surface area (Å²) in [6, 6.07) is 10.4. The van der Waals surface area contributed by atoms with Crippen molar-refractivity contribution >= 4 is 46.1 Å². The third-order valence-corrected chi connectivity index (χ3v) is 3.66. The minimum absolute atomic E-state index is 0.180. The Morgan fingerprint density at radius 1 is 0.955 bits per heavy atom. The van der Waals surface area contributed by atoms with Crippen molar-refractivity contribution in [3.8, 4) is 0 Å². The molecule has 0 amide bonds. The molecular weight excluding hydrogens is 319 g/mol. The largest absolute Gasteiger partial charge is 0.289 e. The van der Waals surface area contributed by atoms with Crippen LogP contribution in [0.1, 0.15) is 15.9 Å². The Balaban J connectivity index is 1.87. The second-order valence-electron chi connectivity index (χ2n) is 4.63. The van der Waals surface area contributed by atoms with Crippen molar-refractivity contribution < 1.29 is 4.79 Å². The van der Waals surface area contributed by atoms with Gasteiger partial charge >= 0.3 is 0 Å². The molecule has 0 saturated carbocycles. The molecule has 0 bridgehead atoms. The fourth-order valence-electron chi connectivity index (χ4n) is 2.03. The van der Waals surface area contributed by atoms with Gasteiger partial charge in [0.1, 0.15) is 0 Å². The molecule has 1 heterocycles. The fourth-order valence-corrected chi connectivity index (χ4v) is 2.54. The molecule has 2 aromatic carbocycles. The molecule has 3 aromatic rings. The number of fused-ring (bicyclic) bond motifs is 1. The SMILES string of the molecule is O=C(/C=C/c1ccc2nccnc2c1)c1ccc(Cl)cc1Cl. The fraction of sp³-hybridized carbons (Fsp3) is 0. The van der Waals surface area contributed by atoms with Gasteiger partial charge in [-0.1, -0.05) is 35.3 Å². The second kappa shape index (κ2) is 6.26. The number of hydrogen-bond acceptors (Lipinski definition) is 3. The maximum Gasteiger partial charge on any atom is 0.187 e. The normalized spacial score (nSPS) is 11.2. The Kier molecular flexibility index (Phi) is 4.18. The van der Waals surface area contributed by atoms with Crippen LogP contribution in [-0.2, 0) is 0 Å².